The van der Waals surface area contributed by atoms with E-state index in [0.29, 0.717) is 0 Å². The topological polar surface area (TPSA) is 104 Å². The highest BCUT2D eigenvalue weighted by Crippen LogP contribution is 2.27. The van der Waals surface area contributed by atoms with E-state index in [4.69, 9.17) is 23.2 Å². The van der Waals surface area contributed by atoms with Gasteiger partial charge in [0.05, 0.1) is 19.8 Å². The zero-order valence-electron chi connectivity index (χ0n) is 15.9. The Kier molecular flexibility index (Phi) is 6.75. The van der Waals surface area contributed by atoms with E-state index in [1.807, 2.05) is 0 Å². The molecule has 1 aliphatic heterocycles. The molecule has 0 spiro atoms. The van der Waals surface area contributed by atoms with Crippen LogP contribution >= 0.6 is 23.2 Å². The lowest BCUT2D eigenvalue weighted by Gasteiger charge is -2.34. The minimum atomic E-state index is -3.78. The highest BCUT2D eigenvalue weighted by molar-refractivity contribution is 7.89. The summed E-state index contributed by atoms with van der Waals surface area (Å²) in [6.07, 6.45) is 0. The molecule has 1 saturated heterocycles. The Bertz CT molecular complexity index is 1180. The zero-order valence-corrected chi connectivity index (χ0v) is 19.0. The van der Waals surface area contributed by atoms with Gasteiger partial charge < -0.3 is 4.90 Å². The molecular weight excluding hydrogens is 473 g/mol. The van der Waals surface area contributed by atoms with Crippen LogP contribution in [-0.4, -0.2) is 65.2 Å². The van der Waals surface area contributed by atoms with Crippen LogP contribution in [0.1, 0.15) is 10.4 Å². The number of carbonyl (C=O) groups is 1. The summed E-state index contributed by atoms with van der Waals surface area (Å²) >= 11 is 11.8. The average molecular weight is 492 g/mol. The van der Waals surface area contributed by atoms with Gasteiger partial charge >= 0.3 is 0 Å². The van der Waals surface area contributed by atoms with Crippen molar-refractivity contribution in [3.63, 3.8) is 0 Å². The van der Waals surface area contributed by atoms with Crippen LogP contribution in [0, 0.1) is 0 Å². The van der Waals surface area contributed by atoms with Crippen molar-refractivity contribution >= 4 is 49.2 Å². The number of hydrogen-bond acceptors (Lipinski definition) is 5. The van der Waals surface area contributed by atoms with Gasteiger partial charge in [-0.15, -0.1) is 0 Å². The average Bonchev–Trinajstić information content (AvgIpc) is 2.75. The maximum Gasteiger partial charge on any atom is 0.253 e. The third-order valence-electron chi connectivity index (χ3n) is 4.71. The molecule has 3 rings (SSSR count). The summed E-state index contributed by atoms with van der Waals surface area (Å²) in [5, 5.41) is 0.400. The third-order valence-corrected chi connectivity index (χ3v) is 8.76. The van der Waals surface area contributed by atoms with E-state index in [-0.39, 0.29) is 57.5 Å². The number of nitrogens with zero attached hydrogens (tertiary/aromatic N) is 2. The number of rotatable bonds is 5. The molecule has 30 heavy (non-hydrogen) atoms. The number of benzene rings is 2. The molecule has 8 nitrogen and oxygen atoms in total. The standard InChI is InChI=1S/C18H19Cl2N3O5S2/c1-21-29(25,26)14-4-2-3-13(11-14)18(24)22-7-9-23(10-8-22)30(27,28)15-5-6-16(19)17(20)12-15/h2-6,11-12,21H,7-10H2,1H3. The largest absolute Gasteiger partial charge is 0.336 e. The minimum absolute atomic E-state index is 0.0170. The molecule has 1 aliphatic rings. The molecular formula is C18H19Cl2N3O5S2. The maximum atomic E-state index is 12.8. The van der Waals surface area contributed by atoms with E-state index >= 15 is 0 Å². The monoisotopic (exact) mass is 491 g/mol. The summed E-state index contributed by atoms with van der Waals surface area (Å²) < 4.78 is 53.1. The van der Waals surface area contributed by atoms with Crippen molar-refractivity contribution < 1.29 is 21.6 Å². The summed E-state index contributed by atoms with van der Waals surface area (Å²) in [4.78, 5) is 14.3. The number of carbonyl (C=O) groups excluding carboxylic acids is 1. The Morgan fingerprint density at radius 3 is 2.17 bits per heavy atom. The molecule has 0 radical (unpaired) electrons. The molecule has 0 bridgehead atoms. The van der Waals surface area contributed by atoms with Gasteiger partial charge in [-0.25, -0.2) is 21.6 Å². The van der Waals surface area contributed by atoms with E-state index in [1.54, 1.807) is 0 Å². The van der Waals surface area contributed by atoms with Crippen molar-refractivity contribution in [1.82, 2.24) is 13.9 Å². The van der Waals surface area contributed by atoms with E-state index in [1.165, 1.54) is 58.7 Å². The minimum Gasteiger partial charge on any atom is -0.336 e. The van der Waals surface area contributed by atoms with Crippen molar-refractivity contribution in [2.45, 2.75) is 9.79 Å². The molecule has 0 saturated carbocycles. The number of sulfonamides is 2. The number of nitrogens with one attached hydrogen (secondary N) is 1. The molecule has 0 aromatic heterocycles. The van der Waals surface area contributed by atoms with E-state index in [0.717, 1.165) is 0 Å². The van der Waals surface area contributed by atoms with Gasteiger partial charge in [0.25, 0.3) is 5.91 Å². The molecule has 2 aromatic rings. The van der Waals surface area contributed by atoms with Crippen molar-refractivity contribution in [2.24, 2.45) is 0 Å². The SMILES string of the molecule is CNS(=O)(=O)c1cccc(C(=O)N2CCN(S(=O)(=O)c3ccc(Cl)c(Cl)c3)CC2)c1. The number of amides is 1. The van der Waals surface area contributed by atoms with Gasteiger partial charge in [-0.3, -0.25) is 4.79 Å². The molecule has 2 aromatic carbocycles. The smallest absolute Gasteiger partial charge is 0.253 e. The van der Waals surface area contributed by atoms with Crippen molar-refractivity contribution in [3.8, 4) is 0 Å². The third kappa shape index (κ3) is 4.63. The highest BCUT2D eigenvalue weighted by atomic mass is 35.5. The van der Waals surface area contributed by atoms with Crippen molar-refractivity contribution in [2.75, 3.05) is 33.2 Å². The second kappa shape index (κ2) is 8.81. The van der Waals surface area contributed by atoms with Crippen LogP contribution in [0.4, 0.5) is 0 Å². The molecule has 0 atom stereocenters. The van der Waals surface area contributed by atoms with Crippen LogP contribution < -0.4 is 4.72 Å². The molecule has 1 amide bonds. The number of piperazine rings is 1. The van der Waals surface area contributed by atoms with Gasteiger partial charge in [0.1, 0.15) is 0 Å². The molecule has 0 unspecified atom stereocenters. The Hall–Kier alpha value is -1.69. The van der Waals surface area contributed by atoms with Gasteiger partial charge in [0, 0.05) is 31.7 Å². The fourth-order valence-electron chi connectivity index (χ4n) is 3.01. The Morgan fingerprint density at radius 2 is 1.57 bits per heavy atom. The number of hydrogen-bond donors (Lipinski definition) is 1. The summed E-state index contributed by atoms with van der Waals surface area (Å²) in [7, 11) is -6.17. The summed E-state index contributed by atoms with van der Waals surface area (Å²) in [5.74, 6) is -0.366. The lowest BCUT2D eigenvalue weighted by Crippen LogP contribution is -2.50. The van der Waals surface area contributed by atoms with Gasteiger partial charge in [-0.2, -0.15) is 4.31 Å². The summed E-state index contributed by atoms with van der Waals surface area (Å²) in [5.41, 5.74) is 0.215. The highest BCUT2D eigenvalue weighted by Gasteiger charge is 2.31. The zero-order chi connectivity index (χ0) is 22.1. The second-order valence-electron chi connectivity index (χ2n) is 6.51. The van der Waals surface area contributed by atoms with Crippen molar-refractivity contribution in [1.29, 1.82) is 0 Å². The first kappa shape index (κ1) is 23.0. The van der Waals surface area contributed by atoms with Crippen LogP contribution in [0.5, 0.6) is 0 Å². The van der Waals surface area contributed by atoms with Gasteiger partial charge in [0.15, 0.2) is 0 Å². The maximum absolute atomic E-state index is 12.8. The van der Waals surface area contributed by atoms with Crippen LogP contribution in [0.3, 0.4) is 0 Å². The van der Waals surface area contributed by atoms with Gasteiger partial charge in [-0.1, -0.05) is 29.3 Å². The first-order valence-corrected chi connectivity index (χ1v) is 12.5. The van der Waals surface area contributed by atoms with Crippen LogP contribution in [0.2, 0.25) is 10.0 Å². The van der Waals surface area contributed by atoms with Crippen LogP contribution in [0.15, 0.2) is 52.3 Å². The summed E-state index contributed by atoms with van der Waals surface area (Å²) in [6, 6.07) is 9.80. The fourth-order valence-corrected chi connectivity index (χ4v) is 5.60. The fraction of sp³-hybridized carbons (Fsp3) is 0.278. The molecule has 1 heterocycles. The van der Waals surface area contributed by atoms with Gasteiger partial charge in [-0.05, 0) is 43.4 Å². The quantitative estimate of drug-likeness (QED) is 0.688. The van der Waals surface area contributed by atoms with Crippen LogP contribution in [-0.2, 0) is 20.0 Å². The first-order chi connectivity index (χ1) is 14.1. The lowest BCUT2D eigenvalue weighted by atomic mass is 10.2. The normalized spacial score (nSPS) is 15.9. The van der Waals surface area contributed by atoms with E-state index < -0.39 is 20.0 Å². The number of halogens is 2. The molecule has 1 N–H and O–H groups in total. The molecule has 162 valence electrons. The summed E-state index contributed by atoms with van der Waals surface area (Å²) in [6.45, 7) is 0.538. The Labute approximate surface area is 185 Å². The van der Waals surface area contributed by atoms with E-state index in [2.05, 4.69) is 4.72 Å². The molecule has 0 aliphatic carbocycles. The molecule has 1 fully saturated rings. The van der Waals surface area contributed by atoms with Gasteiger partial charge in [0.2, 0.25) is 20.0 Å². The first-order valence-electron chi connectivity index (χ1n) is 8.84. The Balaban J connectivity index is 1.73. The lowest BCUT2D eigenvalue weighted by molar-refractivity contribution is 0.0697. The second-order valence-corrected chi connectivity index (χ2v) is 11.1. The Morgan fingerprint density at radius 1 is 0.900 bits per heavy atom. The predicted molar refractivity (Wildman–Crippen MR) is 114 cm³/mol. The van der Waals surface area contributed by atoms with Crippen LogP contribution in [0.25, 0.3) is 0 Å². The predicted octanol–water partition coefficient (Wildman–Crippen LogP) is 2.05. The van der Waals surface area contributed by atoms with Crippen molar-refractivity contribution in [3.05, 3.63) is 58.1 Å². The molecule has 12 heteroatoms. The van der Waals surface area contributed by atoms with E-state index in [9.17, 15) is 21.6 Å².